The standard InChI is InChI=1S/C20H43O7P/c1-3-5-6-7-8-9-10-11-12-13-14-15-16-25-27-28(21,22)26-20-19-24-18-17-23-4-2/h3-20H2,1-2H3,(H,21,22). The van der Waals surface area contributed by atoms with E-state index in [4.69, 9.17) is 18.9 Å². The van der Waals surface area contributed by atoms with Crippen LogP contribution in [0, 0.1) is 0 Å². The van der Waals surface area contributed by atoms with Crippen LogP contribution in [0.5, 0.6) is 0 Å². The molecule has 28 heavy (non-hydrogen) atoms. The highest BCUT2D eigenvalue weighted by atomic mass is 31.2. The van der Waals surface area contributed by atoms with Crippen LogP contribution in [-0.4, -0.2) is 44.5 Å². The Morgan fingerprint density at radius 3 is 1.71 bits per heavy atom. The van der Waals surface area contributed by atoms with Gasteiger partial charge in [-0.2, -0.15) is 0 Å². The van der Waals surface area contributed by atoms with E-state index in [2.05, 4.69) is 11.6 Å². The van der Waals surface area contributed by atoms with Gasteiger partial charge in [0.1, 0.15) is 0 Å². The molecule has 0 aromatic rings. The lowest BCUT2D eigenvalue weighted by atomic mass is 10.1. The molecular formula is C20H43O7P. The number of rotatable bonds is 23. The molecule has 0 rings (SSSR count). The Bertz CT molecular complexity index is 355. The molecule has 0 saturated carbocycles. The van der Waals surface area contributed by atoms with E-state index in [1.807, 2.05) is 6.92 Å². The molecule has 0 bridgehead atoms. The minimum Gasteiger partial charge on any atom is -0.379 e. The maximum absolute atomic E-state index is 11.6. The molecule has 170 valence electrons. The van der Waals surface area contributed by atoms with Gasteiger partial charge in [0.2, 0.25) is 0 Å². The lowest BCUT2D eigenvalue weighted by Crippen LogP contribution is -2.09. The first-order valence-electron chi connectivity index (χ1n) is 11.1. The Morgan fingerprint density at radius 1 is 0.643 bits per heavy atom. The zero-order valence-electron chi connectivity index (χ0n) is 18.1. The topological polar surface area (TPSA) is 83.5 Å². The van der Waals surface area contributed by atoms with Gasteiger partial charge in [-0.15, -0.1) is 4.67 Å². The van der Waals surface area contributed by atoms with E-state index in [9.17, 15) is 9.46 Å². The number of unbranched alkanes of at least 4 members (excludes halogenated alkanes) is 11. The van der Waals surface area contributed by atoms with Crippen molar-refractivity contribution in [3.05, 3.63) is 0 Å². The fourth-order valence-corrected chi connectivity index (χ4v) is 3.26. The minimum absolute atomic E-state index is 0.0398. The molecule has 0 aliphatic rings. The van der Waals surface area contributed by atoms with Gasteiger partial charge < -0.3 is 14.4 Å². The molecule has 0 heterocycles. The fraction of sp³-hybridized carbons (Fsp3) is 1.00. The largest absolute Gasteiger partial charge is 0.499 e. The third-order valence-electron chi connectivity index (χ3n) is 4.29. The Balaban J connectivity index is 3.28. The number of phosphoric acid groups is 1. The molecule has 0 fully saturated rings. The molecule has 0 aromatic heterocycles. The summed E-state index contributed by atoms with van der Waals surface area (Å²) in [6.45, 7) is 6.14. The van der Waals surface area contributed by atoms with Gasteiger partial charge in [0.15, 0.2) is 0 Å². The van der Waals surface area contributed by atoms with Crippen molar-refractivity contribution in [1.29, 1.82) is 0 Å². The molecule has 0 saturated heterocycles. The molecule has 1 N–H and O–H groups in total. The average molecular weight is 427 g/mol. The zero-order valence-corrected chi connectivity index (χ0v) is 19.0. The average Bonchev–Trinajstić information content (AvgIpc) is 2.67. The number of hydrogen-bond donors (Lipinski definition) is 1. The van der Waals surface area contributed by atoms with Crippen LogP contribution in [-0.2, 0) is 28.1 Å². The van der Waals surface area contributed by atoms with E-state index in [-0.39, 0.29) is 19.8 Å². The fourth-order valence-electron chi connectivity index (χ4n) is 2.70. The van der Waals surface area contributed by atoms with E-state index >= 15 is 0 Å². The van der Waals surface area contributed by atoms with Crippen molar-refractivity contribution < 1.29 is 33.0 Å². The van der Waals surface area contributed by atoms with Crippen LogP contribution in [0.2, 0.25) is 0 Å². The quantitative estimate of drug-likeness (QED) is 0.0956. The first-order valence-corrected chi connectivity index (χ1v) is 12.6. The molecule has 0 amide bonds. The molecule has 0 aliphatic heterocycles. The summed E-state index contributed by atoms with van der Waals surface area (Å²) in [6, 6.07) is 0. The molecule has 8 heteroatoms. The number of hydrogen-bond acceptors (Lipinski definition) is 6. The highest BCUT2D eigenvalue weighted by molar-refractivity contribution is 7.47. The monoisotopic (exact) mass is 426 g/mol. The summed E-state index contributed by atoms with van der Waals surface area (Å²) >= 11 is 0. The van der Waals surface area contributed by atoms with Crippen LogP contribution in [0.1, 0.15) is 90.9 Å². The molecule has 0 aromatic carbocycles. The smallest absolute Gasteiger partial charge is 0.379 e. The Hall–Kier alpha value is -0.0100. The van der Waals surface area contributed by atoms with Gasteiger partial charge >= 0.3 is 7.82 Å². The van der Waals surface area contributed by atoms with E-state index in [0.29, 0.717) is 19.8 Å². The molecule has 1 atom stereocenters. The van der Waals surface area contributed by atoms with Gasteiger partial charge in [0.25, 0.3) is 0 Å². The highest BCUT2D eigenvalue weighted by Gasteiger charge is 2.22. The Labute approximate surface area is 172 Å². The summed E-state index contributed by atoms with van der Waals surface area (Å²) < 4.78 is 31.1. The number of phosphoric ester groups is 1. The summed E-state index contributed by atoms with van der Waals surface area (Å²) in [5.41, 5.74) is 0. The lowest BCUT2D eigenvalue weighted by molar-refractivity contribution is -0.225. The van der Waals surface area contributed by atoms with E-state index in [1.54, 1.807) is 0 Å². The molecular weight excluding hydrogens is 383 g/mol. The van der Waals surface area contributed by atoms with Crippen molar-refractivity contribution in [3.8, 4) is 0 Å². The van der Waals surface area contributed by atoms with E-state index in [1.165, 1.54) is 57.8 Å². The molecule has 0 spiro atoms. The maximum Gasteiger partial charge on any atom is 0.499 e. The zero-order chi connectivity index (χ0) is 20.8. The first kappa shape index (κ1) is 28.0. The Morgan fingerprint density at radius 2 is 1.14 bits per heavy atom. The highest BCUT2D eigenvalue weighted by Crippen LogP contribution is 2.43. The predicted octanol–water partition coefficient (Wildman–Crippen LogP) is 5.81. The summed E-state index contributed by atoms with van der Waals surface area (Å²) in [7, 11) is -4.17. The Kier molecular flexibility index (Phi) is 21.7. The van der Waals surface area contributed by atoms with Gasteiger partial charge in [0, 0.05) is 6.61 Å². The summed E-state index contributed by atoms with van der Waals surface area (Å²) in [4.78, 5) is 14.3. The van der Waals surface area contributed by atoms with Crippen LogP contribution in [0.15, 0.2) is 0 Å². The first-order chi connectivity index (χ1) is 13.6. The summed E-state index contributed by atoms with van der Waals surface area (Å²) in [6.07, 6.45) is 15.0. The number of ether oxygens (including phenoxy) is 2. The third-order valence-corrected chi connectivity index (χ3v) is 5.09. The van der Waals surface area contributed by atoms with Gasteiger partial charge in [-0.05, 0) is 13.3 Å². The minimum atomic E-state index is -4.17. The van der Waals surface area contributed by atoms with Crippen LogP contribution in [0.4, 0.5) is 0 Å². The third kappa shape index (κ3) is 22.3. The van der Waals surface area contributed by atoms with Crippen LogP contribution in [0.3, 0.4) is 0 Å². The lowest BCUT2D eigenvalue weighted by Gasteiger charge is -2.11. The van der Waals surface area contributed by atoms with Crippen LogP contribution >= 0.6 is 7.82 Å². The maximum atomic E-state index is 11.6. The van der Waals surface area contributed by atoms with Crippen molar-refractivity contribution >= 4 is 7.82 Å². The summed E-state index contributed by atoms with van der Waals surface area (Å²) in [5, 5.41) is 0. The van der Waals surface area contributed by atoms with Gasteiger partial charge in [-0.3, -0.25) is 4.52 Å². The van der Waals surface area contributed by atoms with Gasteiger partial charge in [0.05, 0.1) is 33.0 Å². The van der Waals surface area contributed by atoms with Crippen molar-refractivity contribution in [1.82, 2.24) is 0 Å². The SMILES string of the molecule is CCCCCCCCCCCCCCOOP(=O)(O)OCCOCCOCC. The predicted molar refractivity (Wildman–Crippen MR) is 111 cm³/mol. The second-order valence-corrected chi connectivity index (χ2v) is 8.24. The van der Waals surface area contributed by atoms with Crippen molar-refractivity contribution in [3.63, 3.8) is 0 Å². The van der Waals surface area contributed by atoms with Crippen molar-refractivity contribution in [2.24, 2.45) is 0 Å². The van der Waals surface area contributed by atoms with E-state index in [0.717, 1.165) is 19.3 Å². The molecule has 7 nitrogen and oxygen atoms in total. The van der Waals surface area contributed by atoms with Crippen molar-refractivity contribution in [2.45, 2.75) is 90.9 Å². The second kappa shape index (κ2) is 21.7. The second-order valence-electron chi connectivity index (χ2n) is 6.90. The molecule has 0 radical (unpaired) electrons. The molecule has 0 aliphatic carbocycles. The van der Waals surface area contributed by atoms with Gasteiger partial charge in [-0.1, -0.05) is 77.6 Å². The van der Waals surface area contributed by atoms with Gasteiger partial charge in [-0.25, -0.2) is 9.45 Å². The van der Waals surface area contributed by atoms with Crippen molar-refractivity contribution in [2.75, 3.05) is 39.6 Å². The van der Waals surface area contributed by atoms with Crippen LogP contribution < -0.4 is 0 Å². The molecule has 1 unspecified atom stereocenters. The van der Waals surface area contributed by atoms with E-state index < -0.39 is 7.82 Å². The summed E-state index contributed by atoms with van der Waals surface area (Å²) in [5.74, 6) is 0. The van der Waals surface area contributed by atoms with Crippen LogP contribution in [0.25, 0.3) is 0 Å². The normalized spacial score (nSPS) is 13.7.